The number of aliphatic carboxylic acids is 2. The Balaban J connectivity index is 1.55. The molecule has 0 bridgehead atoms. The molecule has 4 heterocycles. The fraction of sp³-hybridized carbons (Fsp3) is 0.318. The number of nitrogens with one attached hydrogen (secondary N) is 1. The van der Waals surface area contributed by atoms with Crippen LogP contribution in [0.3, 0.4) is 0 Å². The van der Waals surface area contributed by atoms with E-state index in [1.54, 1.807) is 29.1 Å². The number of rotatable bonds is 9. The van der Waals surface area contributed by atoms with Crippen LogP contribution < -0.4 is 20.7 Å². The summed E-state index contributed by atoms with van der Waals surface area (Å²) in [5.41, 5.74) is 3.83. The number of nitrogen functional groups attached to an aromatic ring is 1. The molecule has 1 unspecified atom stereocenters. The molecule has 2 atom stereocenters. The zero-order chi connectivity index (χ0) is 26.9. The Hall–Kier alpha value is -3.98. The van der Waals surface area contributed by atoms with Gasteiger partial charge in [0.1, 0.15) is 17.1 Å². The Morgan fingerprint density at radius 3 is 2.65 bits per heavy atom. The van der Waals surface area contributed by atoms with Gasteiger partial charge in [0.25, 0.3) is 11.8 Å². The van der Waals surface area contributed by atoms with Crippen molar-refractivity contribution < 1.29 is 38.8 Å². The summed E-state index contributed by atoms with van der Waals surface area (Å²) in [5, 5.41) is 28.4. The first kappa shape index (κ1) is 26.1. The second kappa shape index (κ2) is 10.2. The molecule has 1 saturated heterocycles. The number of hydrogen-bond acceptors (Lipinski definition) is 11. The number of thiazole rings is 1. The summed E-state index contributed by atoms with van der Waals surface area (Å²) >= 11 is 2.32. The molecule has 0 aromatic carbocycles. The lowest BCUT2D eigenvalue weighted by Crippen LogP contribution is -2.71. The number of amides is 2. The van der Waals surface area contributed by atoms with Crippen LogP contribution in [-0.4, -0.2) is 67.2 Å². The Labute approximate surface area is 218 Å². The molecule has 2 aliphatic heterocycles. The minimum Gasteiger partial charge on any atom is -0.543 e. The number of aromatic nitrogens is 2. The molecule has 0 aliphatic carbocycles. The molecular formula is C22H22N6O7S2. The molecule has 2 aliphatic rings. The third-order valence-corrected chi connectivity index (χ3v) is 7.55. The topological polar surface area (TPSA) is 191 Å². The van der Waals surface area contributed by atoms with Crippen molar-refractivity contribution in [2.75, 3.05) is 11.5 Å². The normalized spacial score (nSPS) is 19.7. The van der Waals surface area contributed by atoms with E-state index in [0.29, 0.717) is 11.3 Å². The molecule has 15 heteroatoms. The van der Waals surface area contributed by atoms with Gasteiger partial charge >= 0.3 is 5.97 Å². The maximum atomic E-state index is 13.1. The average Bonchev–Trinajstić information content (AvgIpc) is 3.28. The number of anilines is 1. The van der Waals surface area contributed by atoms with Crippen molar-refractivity contribution in [3.8, 4) is 0 Å². The maximum absolute atomic E-state index is 13.1. The zero-order valence-corrected chi connectivity index (χ0v) is 21.2. The monoisotopic (exact) mass is 546 g/mol. The van der Waals surface area contributed by atoms with E-state index in [1.165, 1.54) is 31.0 Å². The number of carbonyl (C=O) groups is 4. The SMILES string of the molecule is CC(C)(O/N=C(\C(=O)N[C@@H]1C(=O)N2C(C(=O)[O-])=C(C[n+]3ccccc3)CSC12)c1csc(N)n1)C(=O)O. The number of β-lactam (4-membered cyclic amide) rings is 1. The number of carboxylic acids is 2. The minimum absolute atomic E-state index is 0.0265. The van der Waals surface area contributed by atoms with E-state index in [2.05, 4.69) is 15.5 Å². The van der Waals surface area contributed by atoms with Gasteiger partial charge < -0.3 is 30.9 Å². The average molecular weight is 547 g/mol. The van der Waals surface area contributed by atoms with Crippen molar-refractivity contribution in [1.29, 1.82) is 0 Å². The van der Waals surface area contributed by atoms with Crippen molar-refractivity contribution in [3.05, 3.63) is 52.9 Å². The van der Waals surface area contributed by atoms with Crippen molar-refractivity contribution in [1.82, 2.24) is 15.2 Å². The summed E-state index contributed by atoms with van der Waals surface area (Å²) in [7, 11) is 0. The number of carbonyl (C=O) groups excluding carboxylic acids is 3. The van der Waals surface area contributed by atoms with Gasteiger partial charge in [-0.1, -0.05) is 11.2 Å². The molecule has 2 amide bonds. The van der Waals surface area contributed by atoms with Crippen LogP contribution in [0, 0.1) is 0 Å². The number of nitrogens with two attached hydrogens (primary N) is 1. The van der Waals surface area contributed by atoms with E-state index in [1.807, 2.05) is 6.07 Å². The van der Waals surface area contributed by atoms with Crippen LogP contribution in [0.5, 0.6) is 0 Å². The largest absolute Gasteiger partial charge is 0.543 e. The highest BCUT2D eigenvalue weighted by Crippen LogP contribution is 2.40. The summed E-state index contributed by atoms with van der Waals surface area (Å²) in [5.74, 6) is -4.01. The molecule has 0 radical (unpaired) electrons. The number of thioether (sulfide) groups is 1. The van der Waals surface area contributed by atoms with Gasteiger partial charge in [0.05, 0.1) is 11.7 Å². The predicted octanol–water partition coefficient (Wildman–Crippen LogP) is -1.30. The molecule has 0 spiro atoms. The molecular weight excluding hydrogens is 524 g/mol. The van der Waals surface area contributed by atoms with Crippen molar-refractivity contribution in [3.63, 3.8) is 0 Å². The molecule has 13 nitrogen and oxygen atoms in total. The molecule has 4 rings (SSSR count). The van der Waals surface area contributed by atoms with Crippen LogP contribution in [0.2, 0.25) is 0 Å². The van der Waals surface area contributed by atoms with Crippen LogP contribution in [0.15, 0.2) is 52.4 Å². The second-order valence-corrected chi connectivity index (χ2v) is 10.6. The number of fused-ring (bicyclic) bond motifs is 1. The van der Waals surface area contributed by atoms with E-state index in [9.17, 15) is 29.4 Å². The lowest BCUT2D eigenvalue weighted by atomic mass is 10.0. The summed E-state index contributed by atoms with van der Waals surface area (Å²) in [6.45, 7) is 2.74. The highest BCUT2D eigenvalue weighted by molar-refractivity contribution is 8.00. The van der Waals surface area contributed by atoms with Crippen molar-refractivity contribution in [2.45, 2.75) is 37.4 Å². The smallest absolute Gasteiger partial charge is 0.350 e. The standard InChI is InChI=1S/C22H22N6O7S2/c1-22(2,20(33)34)35-26-13(12-10-37-21(23)24-12)16(29)25-14-17(30)28-15(19(31)32)11(9-36-18(14)28)8-27-6-4-3-5-7-27/h3-7,10,14,18H,8-9H2,1-2H3,(H4-,23,24,25,29,31,32,33,34)/b26-13-/t14-,18?/m1/s1. The third-order valence-electron chi connectivity index (χ3n) is 5.54. The van der Waals surface area contributed by atoms with Gasteiger partial charge in [-0.2, -0.15) is 0 Å². The second-order valence-electron chi connectivity index (χ2n) is 8.57. The van der Waals surface area contributed by atoms with Crippen LogP contribution in [0.4, 0.5) is 5.13 Å². The Morgan fingerprint density at radius 2 is 2.05 bits per heavy atom. The highest BCUT2D eigenvalue weighted by atomic mass is 32.2. The van der Waals surface area contributed by atoms with Crippen LogP contribution >= 0.6 is 23.1 Å². The van der Waals surface area contributed by atoms with Gasteiger partial charge in [0, 0.05) is 28.8 Å². The number of carboxylic acid groups (broad SMARTS) is 2. The Morgan fingerprint density at radius 1 is 1.35 bits per heavy atom. The quantitative estimate of drug-likeness (QED) is 0.147. The van der Waals surface area contributed by atoms with Crippen molar-refractivity contribution in [2.24, 2.45) is 5.16 Å². The number of pyridine rings is 1. The van der Waals surface area contributed by atoms with E-state index >= 15 is 0 Å². The van der Waals surface area contributed by atoms with Crippen molar-refractivity contribution >= 4 is 57.7 Å². The van der Waals surface area contributed by atoms with Crippen LogP contribution in [0.1, 0.15) is 19.5 Å². The third kappa shape index (κ3) is 5.27. The lowest BCUT2D eigenvalue weighted by Gasteiger charge is -2.50. The molecule has 4 N–H and O–H groups in total. The first-order valence-corrected chi connectivity index (χ1v) is 12.8. The van der Waals surface area contributed by atoms with E-state index < -0.39 is 40.8 Å². The van der Waals surface area contributed by atoms with Gasteiger partial charge in [-0.25, -0.2) is 14.3 Å². The predicted molar refractivity (Wildman–Crippen MR) is 130 cm³/mol. The van der Waals surface area contributed by atoms with Gasteiger partial charge in [-0.3, -0.25) is 14.5 Å². The van der Waals surface area contributed by atoms with Crippen LogP contribution in [0.25, 0.3) is 0 Å². The molecule has 194 valence electrons. The first-order chi connectivity index (χ1) is 17.5. The first-order valence-electron chi connectivity index (χ1n) is 10.8. The number of hydrogen-bond donors (Lipinski definition) is 3. The van der Waals surface area contributed by atoms with E-state index in [-0.39, 0.29) is 28.8 Å². The molecule has 1 fully saturated rings. The Bertz CT molecular complexity index is 1320. The maximum Gasteiger partial charge on any atom is 0.350 e. The fourth-order valence-corrected chi connectivity index (χ4v) is 5.45. The minimum atomic E-state index is -1.75. The molecule has 0 saturated carbocycles. The van der Waals surface area contributed by atoms with Gasteiger partial charge in [-0.05, 0) is 13.8 Å². The van der Waals surface area contributed by atoms with E-state index in [4.69, 9.17) is 10.6 Å². The zero-order valence-electron chi connectivity index (χ0n) is 19.6. The molecule has 37 heavy (non-hydrogen) atoms. The number of nitrogens with zero attached hydrogens (tertiary/aromatic N) is 4. The summed E-state index contributed by atoms with van der Waals surface area (Å²) in [6.07, 6.45) is 3.55. The van der Waals surface area contributed by atoms with Crippen LogP contribution in [-0.2, 0) is 30.6 Å². The summed E-state index contributed by atoms with van der Waals surface area (Å²) < 4.78 is 1.78. The Kier molecular flexibility index (Phi) is 7.18. The molecule has 2 aromatic rings. The van der Waals surface area contributed by atoms with Gasteiger partial charge in [0.2, 0.25) is 5.60 Å². The molecule has 2 aromatic heterocycles. The number of oxime groups is 1. The highest BCUT2D eigenvalue weighted by Gasteiger charge is 2.53. The van der Waals surface area contributed by atoms with Gasteiger partial charge in [0.15, 0.2) is 29.8 Å². The van der Waals surface area contributed by atoms with Gasteiger partial charge in [-0.15, -0.1) is 23.1 Å². The fourth-order valence-electron chi connectivity index (χ4n) is 3.56. The summed E-state index contributed by atoms with van der Waals surface area (Å²) in [6, 6.07) is 4.36. The lowest BCUT2D eigenvalue weighted by molar-refractivity contribution is -0.689. The van der Waals surface area contributed by atoms with E-state index in [0.717, 1.165) is 16.2 Å². The summed E-state index contributed by atoms with van der Waals surface area (Å²) in [4.78, 5) is 59.6.